The molecule has 8 heteroatoms. The Balaban J connectivity index is 1.85. The van der Waals surface area contributed by atoms with E-state index in [2.05, 4.69) is 0 Å². The van der Waals surface area contributed by atoms with Crippen LogP contribution in [0.3, 0.4) is 0 Å². The van der Waals surface area contributed by atoms with Gasteiger partial charge >= 0.3 is 5.97 Å². The Morgan fingerprint density at radius 1 is 1.24 bits per heavy atom. The number of carbonyl (C=O) groups is 3. The normalized spacial score (nSPS) is 34.7. The molecule has 1 saturated carbocycles. The van der Waals surface area contributed by atoms with E-state index in [-0.39, 0.29) is 41.8 Å². The predicted molar refractivity (Wildman–Crippen MR) is 122 cm³/mol. The maximum Gasteiger partial charge on any atom is 0.311 e. The summed E-state index contributed by atoms with van der Waals surface area (Å²) >= 11 is 0. The van der Waals surface area contributed by atoms with Crippen LogP contribution in [0.4, 0.5) is 5.69 Å². The lowest BCUT2D eigenvalue weighted by atomic mass is 9.54. The van der Waals surface area contributed by atoms with Crippen LogP contribution in [0.25, 0.3) is 0 Å². The molecule has 2 amide bonds. The van der Waals surface area contributed by atoms with Crippen molar-refractivity contribution in [3.05, 3.63) is 29.8 Å². The highest BCUT2D eigenvalue weighted by atomic mass is 16.5. The van der Waals surface area contributed by atoms with Crippen molar-refractivity contribution in [2.45, 2.75) is 57.3 Å². The van der Waals surface area contributed by atoms with Crippen LogP contribution in [0.1, 0.15) is 39.2 Å². The molecule has 1 aromatic carbocycles. The zero-order chi connectivity index (χ0) is 24.1. The zero-order valence-electron chi connectivity index (χ0n) is 20.0. The molecule has 2 heterocycles. The minimum Gasteiger partial charge on any atom is -0.469 e. The number of hydrogen-bond donors (Lipinski definition) is 1. The van der Waals surface area contributed by atoms with E-state index in [1.165, 1.54) is 21.0 Å². The second kappa shape index (κ2) is 8.72. The van der Waals surface area contributed by atoms with Gasteiger partial charge in [0, 0.05) is 44.5 Å². The zero-order valence-corrected chi connectivity index (χ0v) is 20.0. The van der Waals surface area contributed by atoms with E-state index in [0.717, 1.165) is 11.3 Å². The molecule has 180 valence electrons. The van der Waals surface area contributed by atoms with Crippen molar-refractivity contribution >= 4 is 23.5 Å². The van der Waals surface area contributed by atoms with Crippen molar-refractivity contribution in [3.8, 4) is 0 Å². The van der Waals surface area contributed by atoms with Gasteiger partial charge in [0.05, 0.1) is 37.9 Å². The van der Waals surface area contributed by atoms with Crippen LogP contribution in [0.5, 0.6) is 0 Å². The Labute approximate surface area is 194 Å². The van der Waals surface area contributed by atoms with Gasteiger partial charge in [0.1, 0.15) is 0 Å². The van der Waals surface area contributed by atoms with E-state index in [0.29, 0.717) is 26.0 Å². The number of esters is 1. The van der Waals surface area contributed by atoms with Gasteiger partial charge in [-0.05, 0) is 37.3 Å². The van der Waals surface area contributed by atoms with Gasteiger partial charge < -0.3 is 24.4 Å². The summed E-state index contributed by atoms with van der Waals surface area (Å²) in [7, 11) is 3.11. The summed E-state index contributed by atoms with van der Waals surface area (Å²) in [6.07, 6.45) is -0.237. The quantitative estimate of drug-likeness (QED) is 0.691. The predicted octanol–water partition coefficient (Wildman–Crippen LogP) is 1.73. The van der Waals surface area contributed by atoms with Gasteiger partial charge in [0.25, 0.3) is 0 Å². The number of amides is 2. The number of para-hydroxylation sites is 1. The highest BCUT2D eigenvalue weighted by Crippen LogP contribution is 2.59. The molecule has 4 rings (SSSR count). The topological polar surface area (TPSA) is 96.4 Å². The van der Waals surface area contributed by atoms with E-state index in [1.807, 2.05) is 31.2 Å². The van der Waals surface area contributed by atoms with Gasteiger partial charge in [-0.15, -0.1) is 0 Å². The molecule has 33 heavy (non-hydrogen) atoms. The second-order valence-electron chi connectivity index (χ2n) is 9.75. The smallest absolute Gasteiger partial charge is 0.311 e. The largest absolute Gasteiger partial charge is 0.469 e. The third kappa shape index (κ3) is 3.54. The standard InChI is InChI=1S/C25H34N2O6/c1-14-22(24(31)32-5)17-12-21(30)25(10-11-26(4)15(2)28)19-8-6-7-9-20(19)27(16(3)29)23(25)18(17)13-33-14/h6-9,14,17-18,21-23,30H,10-13H2,1-5H3/t14?,17?,18?,21?,22-,23?,25?/m0/s1. The van der Waals surface area contributed by atoms with E-state index in [4.69, 9.17) is 9.47 Å². The molecule has 3 aliphatic rings. The Bertz CT molecular complexity index is 951. The van der Waals surface area contributed by atoms with Crippen molar-refractivity contribution in [2.24, 2.45) is 17.8 Å². The summed E-state index contributed by atoms with van der Waals surface area (Å²) in [5.41, 5.74) is 0.937. The van der Waals surface area contributed by atoms with Crippen LogP contribution in [0.15, 0.2) is 24.3 Å². The van der Waals surface area contributed by atoms with Gasteiger partial charge in [-0.1, -0.05) is 18.2 Å². The first-order valence-electron chi connectivity index (χ1n) is 11.6. The van der Waals surface area contributed by atoms with Crippen molar-refractivity contribution in [2.75, 3.05) is 32.2 Å². The molecule has 8 nitrogen and oxygen atoms in total. The first kappa shape index (κ1) is 23.7. The third-order valence-electron chi connectivity index (χ3n) is 8.25. The lowest BCUT2D eigenvalue weighted by Crippen LogP contribution is -2.66. The molecule has 2 aliphatic heterocycles. The minimum atomic E-state index is -0.799. The van der Waals surface area contributed by atoms with Crippen LogP contribution in [-0.2, 0) is 29.3 Å². The summed E-state index contributed by atoms with van der Waals surface area (Å²) in [6.45, 7) is 5.75. The third-order valence-corrected chi connectivity index (χ3v) is 8.25. The first-order valence-corrected chi connectivity index (χ1v) is 11.6. The number of rotatable bonds is 4. The summed E-state index contributed by atoms with van der Waals surface area (Å²) in [4.78, 5) is 41.1. The fourth-order valence-electron chi connectivity index (χ4n) is 6.61. The van der Waals surface area contributed by atoms with Crippen LogP contribution in [0.2, 0.25) is 0 Å². The molecule has 6 unspecified atom stereocenters. The van der Waals surface area contributed by atoms with Crippen LogP contribution in [-0.4, -0.2) is 73.3 Å². The summed E-state index contributed by atoms with van der Waals surface area (Å²) in [5.74, 6) is -1.38. The Morgan fingerprint density at radius 2 is 1.94 bits per heavy atom. The van der Waals surface area contributed by atoms with Gasteiger partial charge in [-0.2, -0.15) is 0 Å². The number of hydrogen-bond acceptors (Lipinski definition) is 6. The fourth-order valence-corrected chi connectivity index (χ4v) is 6.61. The van der Waals surface area contributed by atoms with Crippen molar-refractivity contribution in [1.82, 2.24) is 4.90 Å². The lowest BCUT2D eigenvalue weighted by Gasteiger charge is -2.56. The number of aliphatic hydroxyl groups is 1. The van der Waals surface area contributed by atoms with Crippen molar-refractivity contribution in [3.63, 3.8) is 0 Å². The lowest BCUT2D eigenvalue weighted by molar-refractivity contribution is -0.177. The van der Waals surface area contributed by atoms with Gasteiger partial charge in [0.2, 0.25) is 11.8 Å². The highest BCUT2D eigenvalue weighted by Gasteiger charge is 2.65. The van der Waals surface area contributed by atoms with Gasteiger partial charge in [-0.25, -0.2) is 0 Å². The number of nitrogens with zero attached hydrogens (tertiary/aromatic N) is 2. The Kier molecular flexibility index (Phi) is 6.26. The number of anilines is 1. The monoisotopic (exact) mass is 458 g/mol. The van der Waals surface area contributed by atoms with Gasteiger partial charge in [-0.3, -0.25) is 14.4 Å². The number of benzene rings is 1. The summed E-state index contributed by atoms with van der Waals surface area (Å²) < 4.78 is 11.2. The van der Waals surface area contributed by atoms with Crippen LogP contribution in [0, 0.1) is 17.8 Å². The fraction of sp³-hybridized carbons (Fsp3) is 0.640. The van der Waals surface area contributed by atoms with Gasteiger partial charge in [0.15, 0.2) is 0 Å². The van der Waals surface area contributed by atoms with Crippen molar-refractivity contribution < 1.29 is 29.0 Å². The van der Waals surface area contributed by atoms with E-state index >= 15 is 0 Å². The number of ether oxygens (including phenoxy) is 2. The summed E-state index contributed by atoms with van der Waals surface area (Å²) in [6, 6.07) is 7.32. The average Bonchev–Trinajstić information content (AvgIpc) is 3.09. The van der Waals surface area contributed by atoms with Crippen LogP contribution < -0.4 is 4.90 Å². The molecule has 1 N–H and O–H groups in total. The van der Waals surface area contributed by atoms with E-state index in [1.54, 1.807) is 16.8 Å². The molecule has 1 aromatic rings. The number of carbonyl (C=O) groups excluding carboxylic acids is 3. The molecular weight excluding hydrogens is 424 g/mol. The maximum absolute atomic E-state index is 13.0. The first-order chi connectivity index (χ1) is 15.6. The van der Waals surface area contributed by atoms with Crippen LogP contribution >= 0.6 is 0 Å². The second-order valence-corrected chi connectivity index (χ2v) is 9.75. The maximum atomic E-state index is 13.0. The summed E-state index contributed by atoms with van der Waals surface area (Å²) in [5, 5.41) is 11.8. The molecule has 0 bridgehead atoms. The van der Waals surface area contributed by atoms with E-state index in [9.17, 15) is 19.5 Å². The minimum absolute atomic E-state index is 0.0542. The Hall–Kier alpha value is -2.45. The molecule has 7 atom stereocenters. The van der Waals surface area contributed by atoms with Crippen molar-refractivity contribution in [1.29, 1.82) is 0 Å². The number of fused-ring (bicyclic) bond motifs is 5. The number of aliphatic hydroxyl groups excluding tert-OH is 1. The average molecular weight is 459 g/mol. The molecule has 0 radical (unpaired) electrons. The molecule has 0 aromatic heterocycles. The molecule has 1 saturated heterocycles. The molecule has 1 aliphatic carbocycles. The molecule has 2 fully saturated rings. The van der Waals surface area contributed by atoms with E-state index < -0.39 is 17.4 Å². The molecular formula is C25H34N2O6. The highest BCUT2D eigenvalue weighted by molar-refractivity contribution is 5.96. The SMILES string of the molecule is COC(=O)[C@H]1C(C)OCC2C1CC(O)C1(CCN(C)C(C)=O)c3ccccc3N(C(C)=O)C21. The Morgan fingerprint density at radius 3 is 2.58 bits per heavy atom. The molecule has 0 spiro atoms. The number of methoxy groups -OCH3 is 1.